The Hall–Kier alpha value is -3.06. The first kappa shape index (κ1) is 21.6. The Morgan fingerprint density at radius 1 is 1.20 bits per heavy atom. The second kappa shape index (κ2) is 10.6. The molecule has 0 radical (unpaired) electrons. The molecule has 0 fully saturated rings. The first-order valence-electron chi connectivity index (χ1n) is 9.73. The topological polar surface area (TPSA) is 69.0 Å². The molecule has 0 spiro atoms. The van der Waals surface area contributed by atoms with Gasteiger partial charge in [-0.05, 0) is 36.6 Å². The number of aromatic nitrogens is 3. The summed E-state index contributed by atoms with van der Waals surface area (Å²) in [6.45, 7) is 9.21. The van der Waals surface area contributed by atoms with Gasteiger partial charge in [-0.3, -0.25) is 9.36 Å². The molecule has 3 aromatic rings. The first-order valence-corrected chi connectivity index (χ1v) is 10.7. The molecule has 156 valence electrons. The second-order valence-corrected chi connectivity index (χ2v) is 7.85. The normalized spacial score (nSPS) is 10.6. The van der Waals surface area contributed by atoms with Gasteiger partial charge in [0, 0.05) is 13.1 Å². The molecule has 0 unspecified atom stereocenters. The van der Waals surface area contributed by atoms with E-state index >= 15 is 0 Å². The van der Waals surface area contributed by atoms with E-state index in [1.807, 2.05) is 60.9 Å². The molecule has 0 aliphatic rings. The van der Waals surface area contributed by atoms with Gasteiger partial charge < -0.3 is 10.1 Å². The summed E-state index contributed by atoms with van der Waals surface area (Å²) in [6.07, 6.45) is 1.78. The van der Waals surface area contributed by atoms with Gasteiger partial charge in [0.1, 0.15) is 12.4 Å². The predicted octanol–water partition coefficient (Wildman–Crippen LogP) is 4.07. The van der Waals surface area contributed by atoms with Crippen molar-refractivity contribution in [3.8, 4) is 5.75 Å². The highest BCUT2D eigenvalue weighted by Crippen LogP contribution is 2.22. The fourth-order valence-corrected chi connectivity index (χ4v) is 3.62. The van der Waals surface area contributed by atoms with Crippen molar-refractivity contribution in [3.63, 3.8) is 0 Å². The molecule has 0 saturated heterocycles. The van der Waals surface area contributed by atoms with Crippen molar-refractivity contribution < 1.29 is 9.53 Å². The molecule has 6 nitrogen and oxygen atoms in total. The van der Waals surface area contributed by atoms with E-state index in [9.17, 15) is 4.79 Å². The number of rotatable bonds is 10. The minimum absolute atomic E-state index is 0.0507. The number of nitrogens with one attached hydrogen (secondary N) is 1. The van der Waals surface area contributed by atoms with Crippen molar-refractivity contribution in [2.45, 2.75) is 38.7 Å². The van der Waals surface area contributed by atoms with Gasteiger partial charge in [-0.1, -0.05) is 60.3 Å². The molecule has 1 aromatic heterocycles. The van der Waals surface area contributed by atoms with Crippen LogP contribution in [0.15, 0.2) is 66.3 Å². The lowest BCUT2D eigenvalue weighted by Crippen LogP contribution is -2.24. The number of ether oxygens (including phenoxy) is 1. The molecule has 1 amide bonds. The SMILES string of the molecule is C=CCn1c(COc2cc(C)ccc2C)nnc1SCC(=O)NCc1ccccc1. The van der Waals surface area contributed by atoms with Crippen LogP contribution >= 0.6 is 11.8 Å². The Morgan fingerprint density at radius 3 is 2.77 bits per heavy atom. The smallest absolute Gasteiger partial charge is 0.230 e. The number of hydrogen-bond donors (Lipinski definition) is 1. The van der Waals surface area contributed by atoms with Crippen molar-refractivity contribution >= 4 is 17.7 Å². The third-order valence-electron chi connectivity index (χ3n) is 4.47. The van der Waals surface area contributed by atoms with E-state index in [-0.39, 0.29) is 11.7 Å². The summed E-state index contributed by atoms with van der Waals surface area (Å²) in [6, 6.07) is 15.9. The van der Waals surface area contributed by atoms with Crippen LogP contribution in [0.25, 0.3) is 0 Å². The van der Waals surface area contributed by atoms with E-state index in [2.05, 4.69) is 28.2 Å². The maximum absolute atomic E-state index is 12.2. The van der Waals surface area contributed by atoms with Gasteiger partial charge in [0.2, 0.25) is 5.91 Å². The molecule has 3 rings (SSSR count). The molecule has 0 bridgehead atoms. The Labute approximate surface area is 181 Å². The zero-order valence-corrected chi connectivity index (χ0v) is 18.1. The molecule has 30 heavy (non-hydrogen) atoms. The second-order valence-electron chi connectivity index (χ2n) is 6.91. The molecule has 0 atom stereocenters. The third kappa shape index (κ3) is 5.97. The third-order valence-corrected chi connectivity index (χ3v) is 5.44. The van der Waals surface area contributed by atoms with E-state index in [1.54, 1.807) is 6.08 Å². The highest BCUT2D eigenvalue weighted by Gasteiger charge is 2.14. The van der Waals surface area contributed by atoms with Gasteiger partial charge in [0.05, 0.1) is 5.75 Å². The van der Waals surface area contributed by atoms with Gasteiger partial charge in [0.15, 0.2) is 11.0 Å². The zero-order valence-electron chi connectivity index (χ0n) is 17.3. The summed E-state index contributed by atoms with van der Waals surface area (Å²) in [4.78, 5) is 12.2. The largest absolute Gasteiger partial charge is 0.485 e. The fraction of sp³-hybridized carbons (Fsp3) is 0.261. The minimum Gasteiger partial charge on any atom is -0.485 e. The van der Waals surface area contributed by atoms with E-state index in [0.717, 1.165) is 22.4 Å². The zero-order chi connectivity index (χ0) is 21.3. The number of aryl methyl sites for hydroxylation is 2. The highest BCUT2D eigenvalue weighted by molar-refractivity contribution is 7.99. The summed E-state index contributed by atoms with van der Waals surface area (Å²) < 4.78 is 7.89. The monoisotopic (exact) mass is 422 g/mol. The lowest BCUT2D eigenvalue weighted by Gasteiger charge is -2.11. The van der Waals surface area contributed by atoms with Gasteiger partial charge in [-0.25, -0.2) is 0 Å². The molecule has 7 heteroatoms. The summed E-state index contributed by atoms with van der Waals surface area (Å²) in [5.41, 5.74) is 3.28. The maximum Gasteiger partial charge on any atom is 0.230 e. The van der Waals surface area contributed by atoms with Gasteiger partial charge in [-0.2, -0.15) is 0 Å². The molecule has 0 aliphatic carbocycles. The summed E-state index contributed by atoms with van der Waals surface area (Å²) in [5, 5.41) is 12.1. The van der Waals surface area contributed by atoms with E-state index < -0.39 is 0 Å². The van der Waals surface area contributed by atoms with E-state index in [1.165, 1.54) is 11.8 Å². The minimum atomic E-state index is -0.0507. The van der Waals surface area contributed by atoms with Gasteiger partial charge >= 0.3 is 0 Å². The van der Waals surface area contributed by atoms with Crippen LogP contribution < -0.4 is 10.1 Å². The lowest BCUT2D eigenvalue weighted by molar-refractivity contribution is -0.118. The molecule has 2 aromatic carbocycles. The van der Waals surface area contributed by atoms with Gasteiger partial charge in [-0.15, -0.1) is 16.8 Å². The number of nitrogens with zero attached hydrogens (tertiary/aromatic N) is 3. The summed E-state index contributed by atoms with van der Waals surface area (Å²) in [7, 11) is 0. The van der Waals surface area contributed by atoms with E-state index in [0.29, 0.717) is 30.7 Å². The average Bonchev–Trinajstić information content (AvgIpc) is 3.14. The molecular weight excluding hydrogens is 396 g/mol. The van der Waals surface area contributed by atoms with Gasteiger partial charge in [0.25, 0.3) is 0 Å². The van der Waals surface area contributed by atoms with Crippen molar-refractivity contribution in [3.05, 3.63) is 83.7 Å². The van der Waals surface area contributed by atoms with Crippen LogP contribution in [0.1, 0.15) is 22.5 Å². The van der Waals surface area contributed by atoms with Crippen LogP contribution in [0.2, 0.25) is 0 Å². The van der Waals surface area contributed by atoms with Crippen LogP contribution in [0, 0.1) is 13.8 Å². The Balaban J connectivity index is 1.58. The number of carbonyl (C=O) groups excluding carboxylic acids is 1. The van der Waals surface area contributed by atoms with Crippen LogP contribution in [-0.4, -0.2) is 26.4 Å². The summed E-state index contributed by atoms with van der Waals surface area (Å²) in [5.74, 6) is 1.74. The van der Waals surface area contributed by atoms with Crippen LogP contribution in [0.5, 0.6) is 5.75 Å². The van der Waals surface area contributed by atoms with Crippen molar-refractivity contribution in [1.29, 1.82) is 0 Å². The van der Waals surface area contributed by atoms with Crippen LogP contribution in [0.4, 0.5) is 0 Å². The quantitative estimate of drug-likeness (QED) is 0.394. The average molecular weight is 423 g/mol. The standard InChI is InChI=1S/C23H26N4O2S/c1-4-12-27-21(15-29-20-13-17(2)10-11-18(20)3)25-26-23(27)30-16-22(28)24-14-19-8-6-5-7-9-19/h4-11,13H,1,12,14-16H2,2-3H3,(H,24,28). The molecule has 0 aliphatic heterocycles. The van der Waals surface area contributed by atoms with Crippen LogP contribution in [-0.2, 0) is 24.5 Å². The highest BCUT2D eigenvalue weighted by atomic mass is 32.2. The Kier molecular flexibility index (Phi) is 7.68. The molecule has 1 heterocycles. The number of allylic oxidation sites excluding steroid dienone is 1. The number of hydrogen-bond acceptors (Lipinski definition) is 5. The van der Waals surface area contributed by atoms with Crippen molar-refractivity contribution in [1.82, 2.24) is 20.1 Å². The molecule has 1 N–H and O–H groups in total. The summed E-state index contributed by atoms with van der Waals surface area (Å²) >= 11 is 1.35. The van der Waals surface area contributed by atoms with E-state index in [4.69, 9.17) is 4.74 Å². The van der Waals surface area contributed by atoms with Crippen molar-refractivity contribution in [2.24, 2.45) is 0 Å². The van der Waals surface area contributed by atoms with Crippen molar-refractivity contribution in [2.75, 3.05) is 5.75 Å². The molecule has 0 saturated carbocycles. The Bertz CT molecular complexity index is 1000. The number of benzene rings is 2. The first-order chi connectivity index (χ1) is 14.6. The number of amides is 1. The number of carbonyl (C=O) groups is 1. The fourth-order valence-electron chi connectivity index (χ4n) is 2.83. The number of thioether (sulfide) groups is 1. The van der Waals surface area contributed by atoms with Crippen LogP contribution in [0.3, 0.4) is 0 Å². The maximum atomic E-state index is 12.2. The molecular formula is C23H26N4O2S. The Morgan fingerprint density at radius 2 is 2.00 bits per heavy atom. The predicted molar refractivity (Wildman–Crippen MR) is 119 cm³/mol. The lowest BCUT2D eigenvalue weighted by atomic mass is 10.1.